The van der Waals surface area contributed by atoms with E-state index in [1.54, 1.807) is 18.7 Å². The molecule has 0 bridgehead atoms. The third kappa shape index (κ3) is 3.11. The van der Waals surface area contributed by atoms with Crippen LogP contribution in [0.15, 0.2) is 24.9 Å². The predicted molar refractivity (Wildman–Crippen MR) is 87.6 cm³/mol. The number of aromatic nitrogens is 4. The number of carbonyl (C=O) groups is 1. The number of carbonyl (C=O) groups excluding carboxylic acids is 1. The van der Waals surface area contributed by atoms with Crippen molar-refractivity contribution in [1.29, 1.82) is 0 Å². The molecule has 23 heavy (non-hydrogen) atoms. The summed E-state index contributed by atoms with van der Waals surface area (Å²) in [6, 6.07) is 0. The molecule has 0 radical (unpaired) electrons. The highest BCUT2D eigenvalue weighted by Gasteiger charge is 2.29. The molecule has 0 spiro atoms. The molecule has 122 valence electrons. The lowest BCUT2D eigenvalue weighted by molar-refractivity contribution is -0.135. The molecule has 1 saturated heterocycles. The van der Waals surface area contributed by atoms with Crippen LogP contribution in [0.5, 0.6) is 0 Å². The molecule has 3 heterocycles. The van der Waals surface area contributed by atoms with Crippen molar-refractivity contribution in [2.75, 3.05) is 13.1 Å². The second-order valence-corrected chi connectivity index (χ2v) is 6.46. The van der Waals surface area contributed by atoms with E-state index in [9.17, 15) is 4.79 Å². The van der Waals surface area contributed by atoms with Crippen molar-refractivity contribution in [3.63, 3.8) is 0 Å². The van der Waals surface area contributed by atoms with E-state index in [0.717, 1.165) is 43.0 Å². The van der Waals surface area contributed by atoms with Crippen molar-refractivity contribution in [2.24, 2.45) is 13.0 Å². The third-order valence-electron chi connectivity index (χ3n) is 4.40. The van der Waals surface area contributed by atoms with Gasteiger partial charge in [-0.25, -0.2) is 4.98 Å². The maximum atomic E-state index is 12.3. The van der Waals surface area contributed by atoms with Crippen molar-refractivity contribution in [2.45, 2.75) is 32.6 Å². The molecular weight excluding hydrogens is 290 g/mol. The van der Waals surface area contributed by atoms with Gasteiger partial charge in [-0.1, -0.05) is 13.8 Å². The topological polar surface area (TPSA) is 63.9 Å². The van der Waals surface area contributed by atoms with Gasteiger partial charge in [0.2, 0.25) is 5.91 Å². The van der Waals surface area contributed by atoms with Crippen molar-refractivity contribution in [3.8, 4) is 11.4 Å². The summed E-state index contributed by atoms with van der Waals surface area (Å²) in [6.07, 6.45) is 9.07. The Labute approximate surface area is 136 Å². The van der Waals surface area contributed by atoms with Gasteiger partial charge < -0.3 is 9.47 Å². The van der Waals surface area contributed by atoms with E-state index in [-0.39, 0.29) is 17.7 Å². The van der Waals surface area contributed by atoms with Gasteiger partial charge in [0.05, 0.1) is 23.9 Å². The molecule has 1 atom stereocenters. The van der Waals surface area contributed by atoms with Crippen molar-refractivity contribution < 1.29 is 4.79 Å². The van der Waals surface area contributed by atoms with Gasteiger partial charge in [0.1, 0.15) is 5.69 Å². The van der Waals surface area contributed by atoms with Crippen LogP contribution in [0.1, 0.15) is 38.3 Å². The van der Waals surface area contributed by atoms with E-state index < -0.39 is 0 Å². The summed E-state index contributed by atoms with van der Waals surface area (Å²) in [5, 5.41) is 0. The number of hydrogen-bond donors (Lipinski definition) is 0. The van der Waals surface area contributed by atoms with Crippen molar-refractivity contribution in [3.05, 3.63) is 30.6 Å². The molecule has 6 heteroatoms. The highest BCUT2D eigenvalue weighted by molar-refractivity contribution is 5.78. The Balaban J connectivity index is 1.90. The lowest BCUT2D eigenvalue weighted by Crippen LogP contribution is -2.41. The van der Waals surface area contributed by atoms with Crippen LogP contribution in [0.4, 0.5) is 0 Å². The van der Waals surface area contributed by atoms with Crippen LogP contribution < -0.4 is 0 Å². The van der Waals surface area contributed by atoms with Crippen LogP contribution >= 0.6 is 0 Å². The van der Waals surface area contributed by atoms with Gasteiger partial charge in [-0.05, 0) is 12.8 Å². The zero-order chi connectivity index (χ0) is 16.4. The van der Waals surface area contributed by atoms with E-state index in [1.165, 1.54) is 0 Å². The van der Waals surface area contributed by atoms with Crippen LogP contribution in [-0.2, 0) is 11.8 Å². The fourth-order valence-electron chi connectivity index (χ4n) is 3.20. The summed E-state index contributed by atoms with van der Waals surface area (Å²) in [5.74, 6) is 0.484. The minimum atomic E-state index is 0.0344. The average molecular weight is 313 g/mol. The van der Waals surface area contributed by atoms with Crippen molar-refractivity contribution in [1.82, 2.24) is 24.4 Å². The van der Waals surface area contributed by atoms with Gasteiger partial charge in [-0.2, -0.15) is 0 Å². The summed E-state index contributed by atoms with van der Waals surface area (Å²) in [4.78, 5) is 27.6. The summed E-state index contributed by atoms with van der Waals surface area (Å²) in [7, 11) is 1.95. The Kier molecular flexibility index (Phi) is 4.41. The van der Waals surface area contributed by atoms with Gasteiger partial charge in [0, 0.05) is 44.4 Å². The number of amides is 1. The fourth-order valence-corrected chi connectivity index (χ4v) is 3.20. The van der Waals surface area contributed by atoms with Gasteiger partial charge >= 0.3 is 0 Å². The minimum absolute atomic E-state index is 0.0344. The summed E-state index contributed by atoms with van der Waals surface area (Å²) < 4.78 is 1.95. The number of hydrogen-bond acceptors (Lipinski definition) is 4. The number of imidazole rings is 1. The first-order valence-corrected chi connectivity index (χ1v) is 8.14. The number of piperidine rings is 1. The summed E-state index contributed by atoms with van der Waals surface area (Å²) >= 11 is 0. The fraction of sp³-hybridized carbons (Fsp3) is 0.529. The number of nitrogens with zero attached hydrogens (tertiary/aromatic N) is 5. The molecule has 0 aliphatic carbocycles. The highest BCUT2D eigenvalue weighted by atomic mass is 16.2. The Bertz CT molecular complexity index is 694. The van der Waals surface area contributed by atoms with Crippen LogP contribution in [0, 0.1) is 5.92 Å². The Hall–Kier alpha value is -2.24. The van der Waals surface area contributed by atoms with E-state index in [4.69, 9.17) is 0 Å². The molecule has 0 aromatic carbocycles. The maximum Gasteiger partial charge on any atom is 0.225 e. The number of rotatable bonds is 3. The van der Waals surface area contributed by atoms with Crippen molar-refractivity contribution >= 4 is 5.91 Å². The SMILES string of the molecule is CC(C)C(=O)N1CCC[C@@H](c2nccnc2-c2cncn2C)C1. The summed E-state index contributed by atoms with van der Waals surface area (Å²) in [6.45, 7) is 5.47. The second-order valence-electron chi connectivity index (χ2n) is 6.46. The molecule has 3 rings (SSSR count). The average Bonchev–Trinajstić information content (AvgIpc) is 3.00. The molecule has 2 aromatic heterocycles. The van der Waals surface area contributed by atoms with Crippen LogP contribution in [0.2, 0.25) is 0 Å². The third-order valence-corrected chi connectivity index (χ3v) is 4.40. The van der Waals surface area contributed by atoms with Gasteiger partial charge in [-0.3, -0.25) is 14.8 Å². The maximum absolute atomic E-state index is 12.3. The molecule has 1 amide bonds. The Morgan fingerprint density at radius 3 is 2.78 bits per heavy atom. The lowest BCUT2D eigenvalue weighted by Gasteiger charge is -2.34. The summed E-state index contributed by atoms with van der Waals surface area (Å²) in [5.41, 5.74) is 2.80. The molecule has 0 saturated carbocycles. The molecule has 0 unspecified atom stereocenters. The zero-order valence-corrected chi connectivity index (χ0v) is 13.9. The van der Waals surface area contributed by atoms with E-state index in [2.05, 4.69) is 15.0 Å². The molecule has 2 aromatic rings. The quantitative estimate of drug-likeness (QED) is 0.872. The van der Waals surface area contributed by atoms with Crippen LogP contribution in [-0.4, -0.2) is 43.4 Å². The molecule has 6 nitrogen and oxygen atoms in total. The number of likely N-dealkylation sites (tertiary alicyclic amines) is 1. The Morgan fingerprint density at radius 1 is 1.30 bits per heavy atom. The van der Waals surface area contributed by atoms with Gasteiger partial charge in [0.15, 0.2) is 0 Å². The predicted octanol–water partition coefficient (Wildman–Crippen LogP) is 2.24. The van der Waals surface area contributed by atoms with Gasteiger partial charge in [0.25, 0.3) is 0 Å². The zero-order valence-electron chi connectivity index (χ0n) is 13.9. The molecule has 0 N–H and O–H groups in total. The highest BCUT2D eigenvalue weighted by Crippen LogP contribution is 2.31. The largest absolute Gasteiger partial charge is 0.342 e. The standard InChI is InChI=1S/C17H23N5O/c1-12(2)17(23)22-8-4-5-13(10-22)15-16(20-7-6-19-15)14-9-18-11-21(14)3/h6-7,9,11-13H,4-5,8,10H2,1-3H3/t13-/m1/s1. The first-order chi connectivity index (χ1) is 11.1. The minimum Gasteiger partial charge on any atom is -0.342 e. The first kappa shape index (κ1) is 15.6. The number of aryl methyl sites for hydroxylation is 1. The molecular formula is C17H23N5O. The molecule has 1 aliphatic heterocycles. The van der Waals surface area contributed by atoms with E-state index in [1.807, 2.05) is 36.6 Å². The normalized spacial score (nSPS) is 18.4. The van der Waals surface area contributed by atoms with Gasteiger partial charge in [-0.15, -0.1) is 0 Å². The monoisotopic (exact) mass is 313 g/mol. The smallest absolute Gasteiger partial charge is 0.225 e. The second kappa shape index (κ2) is 6.48. The molecule has 1 aliphatic rings. The van der Waals surface area contributed by atoms with Crippen LogP contribution in [0.3, 0.4) is 0 Å². The lowest BCUT2D eigenvalue weighted by atomic mass is 9.92. The molecule has 1 fully saturated rings. The Morgan fingerprint density at radius 2 is 2.09 bits per heavy atom. The van der Waals surface area contributed by atoms with Crippen LogP contribution in [0.25, 0.3) is 11.4 Å². The first-order valence-electron chi connectivity index (χ1n) is 8.14. The van der Waals surface area contributed by atoms with E-state index >= 15 is 0 Å². The van der Waals surface area contributed by atoms with E-state index in [0.29, 0.717) is 0 Å².